The largest absolute Gasteiger partial charge is 0.507 e. The van der Waals surface area contributed by atoms with E-state index >= 15 is 0 Å². The highest BCUT2D eigenvalue weighted by Gasteiger charge is 2.35. The third-order valence-electron chi connectivity index (χ3n) is 3.75. The Morgan fingerprint density at radius 3 is 2.64 bits per heavy atom. The smallest absolute Gasteiger partial charge is 0.293 e. The number of benzene rings is 1. The van der Waals surface area contributed by atoms with Gasteiger partial charge < -0.3 is 5.11 Å². The maximum Gasteiger partial charge on any atom is 0.293 e. The lowest BCUT2D eigenvalue weighted by molar-refractivity contribution is -0.123. The summed E-state index contributed by atoms with van der Waals surface area (Å²) in [7, 11) is 0. The maximum absolute atomic E-state index is 12.4. The van der Waals surface area contributed by atoms with Crippen molar-refractivity contribution in [2.45, 2.75) is 26.7 Å². The number of imide groups is 1. The molecule has 2 rings (SSSR count). The zero-order chi connectivity index (χ0) is 16.3. The highest BCUT2D eigenvalue weighted by atomic mass is 79.9. The summed E-state index contributed by atoms with van der Waals surface area (Å²) in [6.45, 7) is 4.57. The third kappa shape index (κ3) is 3.73. The van der Waals surface area contributed by atoms with Gasteiger partial charge in [0.25, 0.3) is 11.1 Å². The summed E-state index contributed by atoms with van der Waals surface area (Å²) in [6, 6.07) is 4.97. The Hall–Kier alpha value is -1.27. The van der Waals surface area contributed by atoms with E-state index in [2.05, 4.69) is 29.8 Å². The molecule has 4 nitrogen and oxygen atoms in total. The maximum atomic E-state index is 12.4. The molecule has 2 amide bonds. The number of hydrogen-bond acceptors (Lipinski definition) is 4. The molecule has 1 fully saturated rings. The normalized spacial score (nSPS) is 17.1. The van der Waals surface area contributed by atoms with E-state index in [4.69, 9.17) is 0 Å². The highest BCUT2D eigenvalue weighted by Crippen LogP contribution is 2.35. The van der Waals surface area contributed by atoms with Crippen molar-refractivity contribution in [3.05, 3.63) is 33.1 Å². The van der Waals surface area contributed by atoms with E-state index in [9.17, 15) is 14.7 Å². The summed E-state index contributed by atoms with van der Waals surface area (Å²) in [4.78, 5) is 26.1. The Morgan fingerprint density at radius 2 is 2.00 bits per heavy atom. The molecule has 0 radical (unpaired) electrons. The van der Waals surface area contributed by atoms with Gasteiger partial charge in [-0.3, -0.25) is 14.5 Å². The molecule has 0 bridgehead atoms. The van der Waals surface area contributed by atoms with Gasteiger partial charge in [0.2, 0.25) is 0 Å². The van der Waals surface area contributed by atoms with Crippen molar-refractivity contribution in [2.75, 3.05) is 6.54 Å². The average Bonchev–Trinajstić information content (AvgIpc) is 2.75. The molecule has 1 aromatic carbocycles. The number of aromatic hydroxyl groups is 1. The average molecular weight is 384 g/mol. The van der Waals surface area contributed by atoms with Gasteiger partial charge in [-0.25, -0.2) is 0 Å². The van der Waals surface area contributed by atoms with Crippen LogP contribution in [0.3, 0.4) is 0 Å². The second-order valence-electron chi connectivity index (χ2n) is 5.18. The van der Waals surface area contributed by atoms with Crippen molar-refractivity contribution in [3.63, 3.8) is 0 Å². The van der Waals surface area contributed by atoms with Crippen LogP contribution < -0.4 is 0 Å². The van der Waals surface area contributed by atoms with Gasteiger partial charge in [0.05, 0.1) is 4.91 Å². The van der Waals surface area contributed by atoms with Crippen LogP contribution in [0.4, 0.5) is 4.79 Å². The van der Waals surface area contributed by atoms with Crippen LogP contribution in [0.5, 0.6) is 5.75 Å². The van der Waals surface area contributed by atoms with E-state index in [1.165, 1.54) is 4.90 Å². The first-order chi connectivity index (χ1) is 10.5. The minimum atomic E-state index is -0.277. The Kier molecular flexibility index (Phi) is 5.69. The molecule has 0 atom stereocenters. The number of rotatable bonds is 5. The topological polar surface area (TPSA) is 57.6 Å². The summed E-state index contributed by atoms with van der Waals surface area (Å²) in [5, 5.41) is 9.61. The number of nitrogens with zero attached hydrogens (tertiary/aromatic N) is 1. The molecule has 1 aromatic rings. The first kappa shape index (κ1) is 17.1. The molecule has 0 aromatic heterocycles. The second kappa shape index (κ2) is 7.33. The van der Waals surface area contributed by atoms with Crippen molar-refractivity contribution in [1.82, 2.24) is 4.90 Å². The van der Waals surface area contributed by atoms with Crippen molar-refractivity contribution < 1.29 is 14.7 Å². The van der Waals surface area contributed by atoms with Crippen LogP contribution in [0.2, 0.25) is 0 Å². The lowest BCUT2D eigenvalue weighted by Crippen LogP contribution is -2.33. The minimum Gasteiger partial charge on any atom is -0.507 e. The van der Waals surface area contributed by atoms with E-state index in [0.29, 0.717) is 22.9 Å². The van der Waals surface area contributed by atoms with E-state index in [-0.39, 0.29) is 16.9 Å². The van der Waals surface area contributed by atoms with Gasteiger partial charge in [0, 0.05) is 16.6 Å². The van der Waals surface area contributed by atoms with Gasteiger partial charge in [-0.1, -0.05) is 42.6 Å². The Labute approximate surface area is 142 Å². The van der Waals surface area contributed by atoms with E-state index in [0.717, 1.165) is 29.1 Å². The highest BCUT2D eigenvalue weighted by molar-refractivity contribution is 9.10. The lowest BCUT2D eigenvalue weighted by atomic mass is 10.0. The van der Waals surface area contributed by atoms with Gasteiger partial charge in [-0.05, 0) is 42.0 Å². The van der Waals surface area contributed by atoms with Crippen LogP contribution in [0.25, 0.3) is 6.08 Å². The monoisotopic (exact) mass is 383 g/mol. The van der Waals surface area contributed by atoms with Gasteiger partial charge in [-0.15, -0.1) is 0 Å². The molecule has 118 valence electrons. The predicted molar refractivity (Wildman–Crippen MR) is 92.6 cm³/mol. The molecule has 0 aliphatic carbocycles. The molecular weight excluding hydrogens is 366 g/mol. The van der Waals surface area contributed by atoms with Crippen molar-refractivity contribution in [3.8, 4) is 5.75 Å². The summed E-state index contributed by atoms with van der Waals surface area (Å²) in [6.07, 6.45) is 3.44. The van der Waals surface area contributed by atoms with Crippen molar-refractivity contribution in [2.24, 2.45) is 5.92 Å². The van der Waals surface area contributed by atoms with Crippen LogP contribution in [-0.4, -0.2) is 27.7 Å². The lowest BCUT2D eigenvalue weighted by Gasteiger charge is -2.18. The molecule has 6 heteroatoms. The number of phenolic OH excluding ortho intramolecular Hbond substituents is 1. The number of thioether (sulfide) groups is 1. The van der Waals surface area contributed by atoms with E-state index < -0.39 is 0 Å². The van der Waals surface area contributed by atoms with E-state index in [1.54, 1.807) is 24.3 Å². The third-order valence-corrected chi connectivity index (χ3v) is 5.15. The molecule has 1 N–H and O–H groups in total. The second-order valence-corrected chi connectivity index (χ2v) is 7.09. The SMILES string of the molecule is CCC(CC)CN1C(=O)S/C(=C\c2cc(Br)ccc2O)C1=O. The number of halogens is 1. The van der Waals surface area contributed by atoms with Gasteiger partial charge in [-0.2, -0.15) is 0 Å². The fourth-order valence-electron chi connectivity index (χ4n) is 2.24. The quantitative estimate of drug-likeness (QED) is 0.753. The summed E-state index contributed by atoms with van der Waals surface area (Å²) in [5.74, 6) is 0.128. The van der Waals surface area contributed by atoms with Crippen LogP contribution in [0, 0.1) is 5.92 Å². The Balaban J connectivity index is 2.24. The van der Waals surface area contributed by atoms with Crippen molar-refractivity contribution >= 4 is 44.9 Å². The molecule has 0 spiro atoms. The Morgan fingerprint density at radius 1 is 1.32 bits per heavy atom. The summed E-state index contributed by atoms with van der Waals surface area (Å²) in [5.41, 5.74) is 0.516. The molecule has 22 heavy (non-hydrogen) atoms. The van der Waals surface area contributed by atoms with Gasteiger partial charge in [0.15, 0.2) is 0 Å². The number of phenols is 1. The Bertz CT molecular complexity index is 626. The zero-order valence-electron chi connectivity index (χ0n) is 12.5. The van der Waals surface area contributed by atoms with Crippen LogP contribution in [0.1, 0.15) is 32.3 Å². The first-order valence-corrected chi connectivity index (χ1v) is 8.81. The van der Waals surface area contributed by atoms with Crippen molar-refractivity contribution in [1.29, 1.82) is 0 Å². The molecule has 1 saturated heterocycles. The molecular formula is C16H18BrNO3S. The standard InChI is InChI=1S/C16H18BrNO3S/c1-3-10(4-2)9-18-15(20)14(22-16(18)21)8-11-7-12(17)5-6-13(11)19/h5-8,10,19H,3-4,9H2,1-2H3/b14-8-. The zero-order valence-corrected chi connectivity index (χ0v) is 14.9. The number of hydrogen-bond donors (Lipinski definition) is 1. The van der Waals surface area contributed by atoms with Crippen LogP contribution in [-0.2, 0) is 4.79 Å². The number of amides is 2. The van der Waals surface area contributed by atoms with Crippen LogP contribution in [0.15, 0.2) is 27.6 Å². The summed E-state index contributed by atoms with van der Waals surface area (Å²) < 4.78 is 0.799. The van der Waals surface area contributed by atoms with E-state index in [1.807, 2.05) is 0 Å². The molecule has 0 unspecified atom stereocenters. The predicted octanol–water partition coefficient (Wildman–Crippen LogP) is 4.63. The van der Waals surface area contributed by atoms with Gasteiger partial charge in [0.1, 0.15) is 5.75 Å². The summed E-state index contributed by atoms with van der Waals surface area (Å²) >= 11 is 4.25. The minimum absolute atomic E-state index is 0.0787. The first-order valence-electron chi connectivity index (χ1n) is 7.20. The van der Waals surface area contributed by atoms with Gasteiger partial charge >= 0.3 is 0 Å². The number of carbonyl (C=O) groups excluding carboxylic acids is 2. The molecule has 0 saturated carbocycles. The molecule has 1 heterocycles. The van der Waals surface area contributed by atoms with Crippen LogP contribution >= 0.6 is 27.7 Å². The molecule has 1 aliphatic heterocycles. The fraction of sp³-hybridized carbons (Fsp3) is 0.375. The number of carbonyl (C=O) groups is 2. The fourth-order valence-corrected chi connectivity index (χ4v) is 3.46. The molecule has 1 aliphatic rings.